The number of esters is 1. The molecular formula is C26H27NO5S. The second kappa shape index (κ2) is 9.77. The topological polar surface area (TPSA) is 72.9 Å². The predicted molar refractivity (Wildman–Crippen MR) is 126 cm³/mol. The van der Waals surface area contributed by atoms with Gasteiger partial charge in [-0.1, -0.05) is 72.8 Å². The number of hydrogen-bond acceptors (Lipinski definition) is 6. The van der Waals surface area contributed by atoms with Crippen LogP contribution in [-0.4, -0.2) is 32.9 Å². The van der Waals surface area contributed by atoms with Gasteiger partial charge in [-0.15, -0.1) is 0 Å². The summed E-state index contributed by atoms with van der Waals surface area (Å²) in [6.45, 7) is 1.38. The smallest absolute Gasteiger partial charge is 0.320 e. The fourth-order valence-electron chi connectivity index (χ4n) is 4.44. The summed E-state index contributed by atoms with van der Waals surface area (Å²) < 4.78 is 36.9. The monoisotopic (exact) mass is 465 g/mol. The molecule has 0 N–H and O–H groups in total. The summed E-state index contributed by atoms with van der Waals surface area (Å²) >= 11 is 0. The SMILES string of the molecule is COC(=O)CCC1(S(=O)(=O)Oc2ccccc2)CN(Cc2ccccc2)Cc2ccccc21. The van der Waals surface area contributed by atoms with Crippen LogP contribution in [0.25, 0.3) is 0 Å². The van der Waals surface area contributed by atoms with Gasteiger partial charge in [0.05, 0.1) is 7.11 Å². The highest BCUT2D eigenvalue weighted by Gasteiger charge is 2.52. The largest absolute Gasteiger partial charge is 0.469 e. The zero-order valence-electron chi connectivity index (χ0n) is 18.5. The molecule has 7 heteroatoms. The van der Waals surface area contributed by atoms with Gasteiger partial charge in [0.2, 0.25) is 0 Å². The highest BCUT2D eigenvalue weighted by atomic mass is 32.2. The first-order chi connectivity index (χ1) is 15.9. The molecule has 0 aliphatic carbocycles. The highest BCUT2D eigenvalue weighted by molar-refractivity contribution is 7.88. The van der Waals surface area contributed by atoms with Gasteiger partial charge >= 0.3 is 16.1 Å². The number of ether oxygens (including phenoxy) is 1. The number of carbonyl (C=O) groups excluding carboxylic acids is 1. The Balaban J connectivity index is 1.79. The summed E-state index contributed by atoms with van der Waals surface area (Å²) in [7, 11) is -2.88. The van der Waals surface area contributed by atoms with Crippen LogP contribution in [0.5, 0.6) is 5.75 Å². The van der Waals surface area contributed by atoms with E-state index in [1.54, 1.807) is 30.3 Å². The van der Waals surface area contributed by atoms with E-state index < -0.39 is 20.8 Å². The Morgan fingerprint density at radius 2 is 1.58 bits per heavy atom. The second-order valence-electron chi connectivity index (χ2n) is 8.21. The quantitative estimate of drug-likeness (QED) is 0.366. The van der Waals surface area contributed by atoms with Crippen LogP contribution in [0, 0.1) is 0 Å². The van der Waals surface area contributed by atoms with Crippen LogP contribution in [0.2, 0.25) is 0 Å². The Kier molecular flexibility index (Phi) is 6.81. The third-order valence-electron chi connectivity index (χ3n) is 6.02. The zero-order valence-corrected chi connectivity index (χ0v) is 19.3. The molecule has 0 aromatic heterocycles. The standard InChI is InChI=1S/C26H27NO5S/c1-31-25(28)16-17-26(33(29,30)32-23-13-6-3-7-14-23)20-27(18-21-10-4-2-5-11-21)19-22-12-8-9-15-24(22)26/h2-15H,16-20H2,1H3. The van der Waals surface area contributed by atoms with Gasteiger partial charge in [-0.2, -0.15) is 8.42 Å². The van der Waals surface area contributed by atoms with Gasteiger partial charge in [0.1, 0.15) is 10.5 Å². The van der Waals surface area contributed by atoms with E-state index in [1.807, 2.05) is 54.6 Å². The zero-order chi connectivity index (χ0) is 23.3. The molecule has 6 nitrogen and oxygen atoms in total. The van der Waals surface area contributed by atoms with E-state index >= 15 is 0 Å². The average molecular weight is 466 g/mol. The molecule has 0 saturated carbocycles. The molecule has 0 bridgehead atoms. The van der Waals surface area contributed by atoms with Crippen LogP contribution in [0.1, 0.15) is 29.5 Å². The van der Waals surface area contributed by atoms with Crippen molar-refractivity contribution in [2.24, 2.45) is 0 Å². The molecule has 4 rings (SSSR count). The summed E-state index contributed by atoms with van der Waals surface area (Å²) in [6.07, 6.45) is 0.0124. The van der Waals surface area contributed by atoms with Crippen molar-refractivity contribution < 1.29 is 22.1 Å². The number of rotatable bonds is 8. The van der Waals surface area contributed by atoms with E-state index in [-0.39, 0.29) is 25.1 Å². The lowest BCUT2D eigenvalue weighted by molar-refractivity contribution is -0.140. The second-order valence-corrected chi connectivity index (χ2v) is 10.1. The normalized spacial score (nSPS) is 18.3. The van der Waals surface area contributed by atoms with Crippen molar-refractivity contribution in [3.63, 3.8) is 0 Å². The molecule has 3 aromatic rings. The molecule has 33 heavy (non-hydrogen) atoms. The molecule has 0 radical (unpaired) electrons. The average Bonchev–Trinajstić information content (AvgIpc) is 2.83. The lowest BCUT2D eigenvalue weighted by Gasteiger charge is -2.42. The number of nitrogens with zero attached hydrogens (tertiary/aromatic N) is 1. The number of benzene rings is 3. The lowest BCUT2D eigenvalue weighted by Crippen LogP contribution is -2.52. The molecule has 0 fully saturated rings. The Hall–Kier alpha value is -3.16. The molecular weight excluding hydrogens is 438 g/mol. The number of para-hydroxylation sites is 1. The Bertz CT molecular complexity index is 1200. The lowest BCUT2D eigenvalue weighted by atomic mass is 9.85. The van der Waals surface area contributed by atoms with Crippen molar-refractivity contribution in [1.29, 1.82) is 0 Å². The Labute approximate surface area is 194 Å². The summed E-state index contributed by atoms with van der Waals surface area (Å²) in [5.74, 6) is -0.213. The summed E-state index contributed by atoms with van der Waals surface area (Å²) in [5.41, 5.74) is 2.67. The fourth-order valence-corrected chi connectivity index (χ4v) is 6.13. The molecule has 0 saturated heterocycles. The van der Waals surface area contributed by atoms with Crippen molar-refractivity contribution >= 4 is 16.1 Å². The van der Waals surface area contributed by atoms with Crippen molar-refractivity contribution in [2.45, 2.75) is 30.7 Å². The van der Waals surface area contributed by atoms with Gasteiger partial charge < -0.3 is 8.92 Å². The molecule has 1 unspecified atom stereocenters. The number of fused-ring (bicyclic) bond motifs is 1. The third kappa shape index (κ3) is 4.94. The third-order valence-corrected chi connectivity index (χ3v) is 7.94. The minimum absolute atomic E-state index is 0.0403. The first kappa shape index (κ1) is 23.0. The Morgan fingerprint density at radius 3 is 2.27 bits per heavy atom. The van der Waals surface area contributed by atoms with Crippen LogP contribution in [-0.2, 0) is 37.5 Å². The van der Waals surface area contributed by atoms with E-state index in [4.69, 9.17) is 8.92 Å². The minimum Gasteiger partial charge on any atom is -0.469 e. The molecule has 1 heterocycles. The van der Waals surface area contributed by atoms with Crippen LogP contribution in [0.3, 0.4) is 0 Å². The number of hydrogen-bond donors (Lipinski definition) is 0. The van der Waals surface area contributed by atoms with Gasteiger partial charge in [0.15, 0.2) is 0 Å². The van der Waals surface area contributed by atoms with E-state index in [9.17, 15) is 13.2 Å². The molecule has 172 valence electrons. The van der Waals surface area contributed by atoms with Crippen LogP contribution >= 0.6 is 0 Å². The van der Waals surface area contributed by atoms with Gasteiger partial charge in [0, 0.05) is 26.1 Å². The van der Waals surface area contributed by atoms with E-state index in [2.05, 4.69) is 4.90 Å². The first-order valence-corrected chi connectivity index (χ1v) is 12.2. The molecule has 3 aromatic carbocycles. The maximum Gasteiger partial charge on any atom is 0.320 e. The van der Waals surface area contributed by atoms with Crippen molar-refractivity contribution in [2.75, 3.05) is 13.7 Å². The van der Waals surface area contributed by atoms with E-state index in [0.29, 0.717) is 18.7 Å². The Morgan fingerprint density at radius 1 is 0.939 bits per heavy atom. The van der Waals surface area contributed by atoms with E-state index in [1.165, 1.54) is 7.11 Å². The molecule has 1 aliphatic rings. The summed E-state index contributed by atoms with van der Waals surface area (Å²) in [6, 6.07) is 25.9. The van der Waals surface area contributed by atoms with Crippen LogP contribution in [0.4, 0.5) is 0 Å². The van der Waals surface area contributed by atoms with Gasteiger partial charge in [0.25, 0.3) is 0 Å². The molecule has 0 amide bonds. The van der Waals surface area contributed by atoms with Gasteiger partial charge in [-0.05, 0) is 35.2 Å². The minimum atomic E-state index is -4.19. The van der Waals surface area contributed by atoms with Crippen molar-refractivity contribution in [3.8, 4) is 5.75 Å². The highest BCUT2D eigenvalue weighted by Crippen LogP contribution is 2.43. The maximum absolute atomic E-state index is 13.9. The van der Waals surface area contributed by atoms with Crippen LogP contribution < -0.4 is 4.18 Å². The van der Waals surface area contributed by atoms with Crippen molar-refractivity contribution in [1.82, 2.24) is 4.90 Å². The molecule has 1 aliphatic heterocycles. The van der Waals surface area contributed by atoms with Crippen LogP contribution in [0.15, 0.2) is 84.9 Å². The van der Waals surface area contributed by atoms with Gasteiger partial charge in [-0.3, -0.25) is 9.69 Å². The number of carbonyl (C=O) groups is 1. The van der Waals surface area contributed by atoms with Gasteiger partial charge in [-0.25, -0.2) is 0 Å². The first-order valence-electron chi connectivity index (χ1n) is 10.8. The maximum atomic E-state index is 13.9. The number of methoxy groups -OCH3 is 1. The fraction of sp³-hybridized carbons (Fsp3) is 0.269. The van der Waals surface area contributed by atoms with Crippen molar-refractivity contribution in [3.05, 3.63) is 102 Å². The van der Waals surface area contributed by atoms with E-state index in [0.717, 1.165) is 11.1 Å². The molecule has 0 spiro atoms. The summed E-state index contributed by atoms with van der Waals surface area (Å²) in [4.78, 5) is 14.2. The molecule has 1 atom stereocenters. The predicted octanol–water partition coefficient (Wildman–Crippen LogP) is 4.26. The summed E-state index contributed by atoms with van der Waals surface area (Å²) in [5, 5.41) is 0.